The van der Waals surface area contributed by atoms with Gasteiger partial charge in [-0.3, -0.25) is 14.5 Å². The first-order valence-corrected chi connectivity index (χ1v) is 7.36. The first-order valence-electron chi connectivity index (χ1n) is 7.36. The number of carboxylic acids is 1. The van der Waals surface area contributed by atoms with E-state index in [-0.39, 0.29) is 24.5 Å². The molecule has 2 atom stereocenters. The second-order valence-electron chi connectivity index (χ2n) is 5.89. The molecule has 2 rings (SSSR count). The van der Waals surface area contributed by atoms with Gasteiger partial charge in [0.25, 0.3) is 0 Å². The highest BCUT2D eigenvalue weighted by molar-refractivity contribution is 5.73. The van der Waals surface area contributed by atoms with E-state index in [4.69, 9.17) is 9.84 Å². The minimum absolute atomic E-state index is 0.0175. The van der Waals surface area contributed by atoms with Crippen LogP contribution in [0.4, 0.5) is 0 Å². The van der Waals surface area contributed by atoms with Gasteiger partial charge in [-0.1, -0.05) is 12.8 Å². The molecule has 2 N–H and O–H groups in total. The summed E-state index contributed by atoms with van der Waals surface area (Å²) in [7, 11) is 1.39. The average molecular weight is 284 g/mol. The van der Waals surface area contributed by atoms with Crippen LogP contribution in [0.3, 0.4) is 0 Å². The topological polar surface area (TPSA) is 78.9 Å². The van der Waals surface area contributed by atoms with Gasteiger partial charge in [0, 0.05) is 25.2 Å². The molecule has 1 saturated heterocycles. The Balaban J connectivity index is 1.94. The number of carbonyl (C=O) groups is 2. The number of aliphatic carboxylic acids is 1. The number of methoxy groups -OCH3 is 1. The third kappa shape index (κ3) is 4.18. The van der Waals surface area contributed by atoms with E-state index in [1.165, 1.54) is 32.8 Å². The van der Waals surface area contributed by atoms with Crippen LogP contribution in [0, 0.1) is 5.92 Å². The largest absolute Gasteiger partial charge is 0.480 e. The molecule has 1 heterocycles. The van der Waals surface area contributed by atoms with Crippen molar-refractivity contribution >= 4 is 11.9 Å². The van der Waals surface area contributed by atoms with Crippen LogP contribution in [0.5, 0.6) is 0 Å². The van der Waals surface area contributed by atoms with Crippen molar-refractivity contribution in [1.82, 2.24) is 10.2 Å². The molecule has 2 unspecified atom stereocenters. The van der Waals surface area contributed by atoms with Crippen molar-refractivity contribution in [3.05, 3.63) is 0 Å². The first kappa shape index (κ1) is 15.3. The Bertz CT molecular complexity index is 355. The predicted molar refractivity (Wildman–Crippen MR) is 73.4 cm³/mol. The molecule has 1 aliphatic heterocycles. The predicted octanol–water partition coefficient (Wildman–Crippen LogP) is 0.467. The van der Waals surface area contributed by atoms with Gasteiger partial charge in [-0.25, -0.2) is 0 Å². The quantitative estimate of drug-likeness (QED) is 0.714. The average Bonchev–Trinajstić information content (AvgIpc) is 2.89. The molecule has 0 spiro atoms. The summed E-state index contributed by atoms with van der Waals surface area (Å²) in [4.78, 5) is 24.5. The maximum atomic E-state index is 11.8. The van der Waals surface area contributed by atoms with Gasteiger partial charge in [-0.05, 0) is 19.3 Å². The van der Waals surface area contributed by atoms with Crippen molar-refractivity contribution in [2.24, 2.45) is 5.92 Å². The Hall–Kier alpha value is -1.14. The van der Waals surface area contributed by atoms with Crippen molar-refractivity contribution in [3.8, 4) is 0 Å². The maximum Gasteiger partial charge on any atom is 0.317 e. The number of rotatable bonds is 5. The highest BCUT2D eigenvalue weighted by atomic mass is 16.5. The Kier molecular flexibility index (Phi) is 5.37. The number of hydrogen-bond donors (Lipinski definition) is 2. The summed E-state index contributed by atoms with van der Waals surface area (Å²) in [5, 5.41) is 12.5. The molecule has 114 valence electrons. The van der Waals surface area contributed by atoms with E-state index < -0.39 is 5.97 Å². The van der Waals surface area contributed by atoms with E-state index in [1.54, 1.807) is 0 Å². The number of carboxylic acid groups (broad SMARTS) is 1. The first-order chi connectivity index (χ1) is 9.58. The van der Waals surface area contributed by atoms with Gasteiger partial charge in [0.1, 0.15) is 0 Å². The highest BCUT2D eigenvalue weighted by Gasteiger charge is 2.34. The number of nitrogens with one attached hydrogen (secondary N) is 1. The van der Waals surface area contributed by atoms with Crippen LogP contribution in [0.15, 0.2) is 0 Å². The molecule has 0 bridgehead atoms. The Labute approximate surface area is 119 Å². The van der Waals surface area contributed by atoms with Gasteiger partial charge in [0.15, 0.2) is 0 Å². The Morgan fingerprint density at radius 3 is 2.55 bits per heavy atom. The SMILES string of the molecule is COC(=O)C1CC(NC2CCCC2)CN(CC(=O)O)C1. The molecule has 20 heavy (non-hydrogen) atoms. The van der Waals surface area contributed by atoms with Crippen molar-refractivity contribution in [2.45, 2.75) is 44.2 Å². The van der Waals surface area contributed by atoms with Crippen molar-refractivity contribution < 1.29 is 19.4 Å². The zero-order valence-corrected chi connectivity index (χ0v) is 12.0. The van der Waals surface area contributed by atoms with E-state index in [0.29, 0.717) is 19.1 Å². The van der Waals surface area contributed by atoms with E-state index in [1.807, 2.05) is 4.90 Å². The summed E-state index contributed by atoms with van der Waals surface area (Å²) in [5.41, 5.74) is 0. The lowest BCUT2D eigenvalue weighted by atomic mass is 9.93. The van der Waals surface area contributed by atoms with Crippen LogP contribution in [-0.4, -0.2) is 60.8 Å². The second kappa shape index (κ2) is 7.04. The van der Waals surface area contributed by atoms with Crippen LogP contribution in [-0.2, 0) is 14.3 Å². The molecule has 0 amide bonds. The molecular weight excluding hydrogens is 260 g/mol. The molecule has 0 aromatic carbocycles. The maximum absolute atomic E-state index is 11.8. The van der Waals surface area contributed by atoms with E-state index in [0.717, 1.165) is 6.42 Å². The van der Waals surface area contributed by atoms with E-state index in [9.17, 15) is 9.59 Å². The summed E-state index contributed by atoms with van der Waals surface area (Å²) in [6, 6.07) is 0.693. The summed E-state index contributed by atoms with van der Waals surface area (Å²) in [6.07, 6.45) is 5.60. The van der Waals surface area contributed by atoms with Gasteiger partial charge >= 0.3 is 11.9 Å². The van der Waals surface area contributed by atoms with Gasteiger partial charge in [0.05, 0.1) is 19.6 Å². The molecule has 0 radical (unpaired) electrons. The van der Waals surface area contributed by atoms with Crippen LogP contribution in [0.25, 0.3) is 0 Å². The van der Waals surface area contributed by atoms with Gasteiger partial charge < -0.3 is 15.2 Å². The molecule has 0 aromatic rings. The molecule has 6 heteroatoms. The lowest BCUT2D eigenvalue weighted by Crippen LogP contribution is -2.54. The molecule has 1 saturated carbocycles. The summed E-state index contributed by atoms with van der Waals surface area (Å²) in [5.74, 6) is -1.32. The fourth-order valence-electron chi connectivity index (χ4n) is 3.39. The number of hydrogen-bond acceptors (Lipinski definition) is 5. The lowest BCUT2D eigenvalue weighted by Gasteiger charge is -2.37. The summed E-state index contributed by atoms with van der Waals surface area (Å²) < 4.78 is 4.82. The Morgan fingerprint density at radius 2 is 1.95 bits per heavy atom. The fourth-order valence-corrected chi connectivity index (χ4v) is 3.39. The molecule has 2 aliphatic rings. The van der Waals surface area contributed by atoms with E-state index >= 15 is 0 Å². The van der Waals surface area contributed by atoms with Crippen molar-refractivity contribution in [2.75, 3.05) is 26.7 Å². The third-order valence-corrected chi connectivity index (χ3v) is 4.25. The zero-order chi connectivity index (χ0) is 14.5. The monoisotopic (exact) mass is 284 g/mol. The van der Waals surface area contributed by atoms with Gasteiger partial charge in [-0.15, -0.1) is 0 Å². The molecule has 0 aromatic heterocycles. The minimum Gasteiger partial charge on any atom is -0.480 e. The van der Waals surface area contributed by atoms with Gasteiger partial charge in [-0.2, -0.15) is 0 Å². The second-order valence-corrected chi connectivity index (χ2v) is 5.89. The van der Waals surface area contributed by atoms with Crippen LogP contribution >= 0.6 is 0 Å². The van der Waals surface area contributed by atoms with Crippen molar-refractivity contribution in [3.63, 3.8) is 0 Å². The number of nitrogens with zero attached hydrogens (tertiary/aromatic N) is 1. The Morgan fingerprint density at radius 1 is 1.25 bits per heavy atom. The number of esters is 1. The molecule has 2 fully saturated rings. The molecular formula is C14H24N2O4. The standard InChI is InChI=1S/C14H24N2O4/c1-20-14(19)10-6-12(15-11-4-2-3-5-11)8-16(7-10)9-13(17)18/h10-12,15H,2-9H2,1H3,(H,17,18). The number of ether oxygens (including phenoxy) is 1. The van der Waals surface area contributed by atoms with Gasteiger partial charge in [0.2, 0.25) is 0 Å². The number of carbonyl (C=O) groups excluding carboxylic acids is 1. The smallest absolute Gasteiger partial charge is 0.317 e. The normalized spacial score (nSPS) is 28.4. The third-order valence-electron chi connectivity index (χ3n) is 4.25. The molecule has 1 aliphatic carbocycles. The lowest BCUT2D eigenvalue weighted by molar-refractivity contribution is -0.149. The number of piperidine rings is 1. The fraction of sp³-hybridized carbons (Fsp3) is 0.857. The van der Waals surface area contributed by atoms with E-state index in [2.05, 4.69) is 5.32 Å². The minimum atomic E-state index is -0.852. The summed E-state index contributed by atoms with van der Waals surface area (Å²) >= 11 is 0. The van der Waals surface area contributed by atoms with Crippen LogP contribution in [0.1, 0.15) is 32.1 Å². The van der Waals surface area contributed by atoms with Crippen LogP contribution in [0.2, 0.25) is 0 Å². The molecule has 6 nitrogen and oxygen atoms in total. The number of likely N-dealkylation sites (tertiary alicyclic amines) is 1. The summed E-state index contributed by atoms with van der Waals surface area (Å²) in [6.45, 7) is 1.15. The van der Waals surface area contributed by atoms with Crippen LogP contribution < -0.4 is 5.32 Å². The highest BCUT2D eigenvalue weighted by Crippen LogP contribution is 2.23. The zero-order valence-electron chi connectivity index (χ0n) is 12.0. The van der Waals surface area contributed by atoms with Crippen molar-refractivity contribution in [1.29, 1.82) is 0 Å².